The van der Waals surface area contributed by atoms with Crippen molar-refractivity contribution in [3.05, 3.63) is 0 Å². The van der Waals surface area contributed by atoms with Crippen molar-refractivity contribution in [1.82, 2.24) is 25.5 Å². The van der Waals surface area contributed by atoms with Crippen molar-refractivity contribution in [3.8, 4) is 0 Å². The predicted octanol–water partition coefficient (Wildman–Crippen LogP) is 0.259. The smallest absolute Gasteiger partial charge is 0.269 e. The predicted molar refractivity (Wildman–Crippen MR) is 62.2 cm³/mol. The Labute approximate surface area is 100.0 Å². The van der Waals surface area contributed by atoms with Crippen molar-refractivity contribution in [2.24, 2.45) is 5.92 Å². The molecule has 2 N–H and O–H groups in total. The summed E-state index contributed by atoms with van der Waals surface area (Å²) in [5.41, 5.74) is 0. The maximum Gasteiger partial charge on any atom is 0.269 e. The summed E-state index contributed by atoms with van der Waals surface area (Å²) >= 11 is 0. The van der Waals surface area contributed by atoms with Gasteiger partial charge in [0.05, 0.1) is 0 Å². The lowest BCUT2D eigenvalue weighted by molar-refractivity contribution is -0.121. The summed E-state index contributed by atoms with van der Waals surface area (Å²) in [5, 5.41) is 15.8. The molecule has 0 radical (unpaired) electrons. The molecule has 0 aromatic carbocycles. The minimum atomic E-state index is -0.00481. The molecule has 1 aliphatic heterocycles. The number of piperidine rings is 1. The Bertz CT molecular complexity index is 355. The van der Waals surface area contributed by atoms with Crippen molar-refractivity contribution in [3.63, 3.8) is 0 Å². The maximum atomic E-state index is 11.9. The molecule has 0 bridgehead atoms. The third-order valence-corrected chi connectivity index (χ3v) is 3.21. The highest BCUT2D eigenvalue weighted by Crippen LogP contribution is 2.19. The molecule has 0 atom stereocenters. The van der Waals surface area contributed by atoms with Crippen LogP contribution < -0.4 is 5.32 Å². The van der Waals surface area contributed by atoms with Gasteiger partial charge in [0.1, 0.15) is 0 Å². The van der Waals surface area contributed by atoms with Gasteiger partial charge in [0.2, 0.25) is 5.91 Å². The first kappa shape index (κ1) is 12.0. The highest BCUT2D eigenvalue weighted by atomic mass is 16.2. The van der Waals surface area contributed by atoms with Gasteiger partial charge in [-0.1, -0.05) is 5.10 Å². The zero-order valence-corrected chi connectivity index (χ0v) is 10.2. The molecule has 2 rings (SSSR count). The Balaban J connectivity index is 1.82. The number of anilines is 1. The van der Waals surface area contributed by atoms with Crippen molar-refractivity contribution >= 4 is 11.9 Å². The number of carbonyl (C=O) groups is 1. The average Bonchev–Trinajstić information content (AvgIpc) is 2.82. The number of aromatic amines is 1. The van der Waals surface area contributed by atoms with E-state index in [-0.39, 0.29) is 17.8 Å². The van der Waals surface area contributed by atoms with E-state index in [2.05, 4.69) is 44.7 Å². The molecule has 1 amide bonds. The molecule has 0 spiro atoms. The van der Waals surface area contributed by atoms with Gasteiger partial charge < -0.3 is 4.90 Å². The number of tetrazole rings is 1. The zero-order valence-electron chi connectivity index (χ0n) is 10.2. The Morgan fingerprint density at radius 1 is 1.47 bits per heavy atom. The summed E-state index contributed by atoms with van der Waals surface area (Å²) in [4.78, 5) is 14.3. The Hall–Kier alpha value is -1.50. The van der Waals surface area contributed by atoms with E-state index >= 15 is 0 Å². The number of H-pyrrole nitrogens is 1. The first-order valence-electron chi connectivity index (χ1n) is 5.95. The molecule has 1 fully saturated rings. The van der Waals surface area contributed by atoms with Crippen LogP contribution >= 0.6 is 0 Å². The van der Waals surface area contributed by atoms with Crippen molar-refractivity contribution < 1.29 is 4.79 Å². The van der Waals surface area contributed by atoms with Crippen molar-refractivity contribution in [2.45, 2.75) is 32.7 Å². The Morgan fingerprint density at radius 2 is 2.18 bits per heavy atom. The third kappa shape index (κ3) is 3.00. The Morgan fingerprint density at radius 3 is 2.71 bits per heavy atom. The van der Waals surface area contributed by atoms with Gasteiger partial charge in [0.25, 0.3) is 5.95 Å². The lowest BCUT2D eigenvalue weighted by atomic mass is 9.95. The second-order valence-electron chi connectivity index (χ2n) is 4.63. The summed E-state index contributed by atoms with van der Waals surface area (Å²) in [7, 11) is 0. The fourth-order valence-electron chi connectivity index (χ4n) is 2.11. The highest BCUT2D eigenvalue weighted by Gasteiger charge is 2.26. The molecule has 17 heavy (non-hydrogen) atoms. The van der Waals surface area contributed by atoms with Crippen molar-refractivity contribution in [2.75, 3.05) is 18.4 Å². The minimum Gasteiger partial charge on any atom is -0.301 e. The van der Waals surface area contributed by atoms with Crippen LogP contribution in [0.1, 0.15) is 26.7 Å². The normalized spacial score (nSPS) is 18.5. The second-order valence-corrected chi connectivity index (χ2v) is 4.63. The molecule has 1 aliphatic rings. The van der Waals surface area contributed by atoms with Crippen LogP contribution in [0, 0.1) is 5.92 Å². The standard InChI is InChI=1S/C10H18N6O/c1-7(2)16-5-3-8(4-6-16)9(17)11-10-12-14-15-13-10/h7-8H,3-6H2,1-2H3,(H2,11,12,13,14,15,17). The number of hydrogen-bond acceptors (Lipinski definition) is 5. The summed E-state index contributed by atoms with van der Waals surface area (Å²) in [5.74, 6) is 0.305. The van der Waals surface area contributed by atoms with Gasteiger partial charge in [-0.25, -0.2) is 0 Å². The number of carbonyl (C=O) groups excluding carboxylic acids is 1. The van der Waals surface area contributed by atoms with E-state index in [0.29, 0.717) is 6.04 Å². The zero-order chi connectivity index (χ0) is 12.3. The molecule has 1 saturated heterocycles. The summed E-state index contributed by atoms with van der Waals surface area (Å²) < 4.78 is 0. The fourth-order valence-corrected chi connectivity index (χ4v) is 2.11. The number of hydrogen-bond donors (Lipinski definition) is 2. The highest BCUT2D eigenvalue weighted by molar-refractivity contribution is 5.90. The van der Waals surface area contributed by atoms with Crippen LogP contribution in [0.4, 0.5) is 5.95 Å². The van der Waals surface area contributed by atoms with Gasteiger partial charge in [-0.15, -0.1) is 5.10 Å². The number of nitrogens with one attached hydrogen (secondary N) is 2. The van der Waals surface area contributed by atoms with Gasteiger partial charge in [-0.3, -0.25) is 10.1 Å². The molecular weight excluding hydrogens is 220 g/mol. The van der Waals surface area contributed by atoms with E-state index < -0.39 is 0 Å². The summed E-state index contributed by atoms with van der Waals surface area (Å²) in [6.45, 7) is 6.31. The lowest BCUT2D eigenvalue weighted by Gasteiger charge is -2.33. The van der Waals surface area contributed by atoms with Gasteiger partial charge >= 0.3 is 0 Å². The molecule has 0 saturated carbocycles. The number of amides is 1. The fraction of sp³-hybridized carbons (Fsp3) is 0.800. The summed E-state index contributed by atoms with van der Waals surface area (Å²) in [6.07, 6.45) is 1.78. The molecular formula is C10H18N6O. The monoisotopic (exact) mass is 238 g/mol. The lowest BCUT2D eigenvalue weighted by Crippen LogP contribution is -2.41. The largest absolute Gasteiger partial charge is 0.301 e. The number of aromatic nitrogens is 4. The Kier molecular flexibility index (Phi) is 3.68. The SMILES string of the molecule is CC(C)N1CCC(C(=O)Nc2nn[nH]n2)CC1. The molecule has 0 unspecified atom stereocenters. The van der Waals surface area contributed by atoms with Crippen LogP contribution in [0.5, 0.6) is 0 Å². The van der Waals surface area contributed by atoms with Gasteiger partial charge in [-0.05, 0) is 45.0 Å². The van der Waals surface area contributed by atoms with Crippen LogP contribution in [-0.2, 0) is 4.79 Å². The minimum absolute atomic E-state index is 0.00481. The topological polar surface area (TPSA) is 86.8 Å². The quantitative estimate of drug-likeness (QED) is 0.788. The molecule has 0 aliphatic carbocycles. The number of nitrogens with zero attached hydrogens (tertiary/aromatic N) is 4. The van der Waals surface area contributed by atoms with Gasteiger partial charge in [-0.2, -0.15) is 5.21 Å². The van der Waals surface area contributed by atoms with E-state index in [4.69, 9.17) is 0 Å². The average molecular weight is 238 g/mol. The molecule has 2 heterocycles. The first-order chi connectivity index (χ1) is 8.16. The molecule has 94 valence electrons. The van der Waals surface area contributed by atoms with Crippen LogP contribution in [-0.4, -0.2) is 50.6 Å². The van der Waals surface area contributed by atoms with E-state index in [1.165, 1.54) is 0 Å². The van der Waals surface area contributed by atoms with Crippen molar-refractivity contribution in [1.29, 1.82) is 0 Å². The van der Waals surface area contributed by atoms with Gasteiger partial charge in [0.15, 0.2) is 0 Å². The van der Waals surface area contributed by atoms with Crippen LogP contribution in [0.3, 0.4) is 0 Å². The second kappa shape index (κ2) is 5.22. The van der Waals surface area contributed by atoms with E-state index in [0.717, 1.165) is 25.9 Å². The number of likely N-dealkylation sites (tertiary alicyclic amines) is 1. The van der Waals surface area contributed by atoms with E-state index in [1.54, 1.807) is 0 Å². The molecule has 7 heteroatoms. The molecule has 1 aromatic rings. The van der Waals surface area contributed by atoms with E-state index in [9.17, 15) is 4.79 Å². The van der Waals surface area contributed by atoms with E-state index in [1.807, 2.05) is 0 Å². The van der Waals surface area contributed by atoms with Crippen LogP contribution in [0.25, 0.3) is 0 Å². The number of rotatable bonds is 3. The molecule has 1 aromatic heterocycles. The molecule has 7 nitrogen and oxygen atoms in total. The van der Waals surface area contributed by atoms with Crippen LogP contribution in [0.2, 0.25) is 0 Å². The third-order valence-electron chi connectivity index (χ3n) is 3.21. The summed E-state index contributed by atoms with van der Waals surface area (Å²) in [6, 6.07) is 0.552. The van der Waals surface area contributed by atoms with Gasteiger partial charge in [0, 0.05) is 12.0 Å². The van der Waals surface area contributed by atoms with Crippen LogP contribution in [0.15, 0.2) is 0 Å². The first-order valence-corrected chi connectivity index (χ1v) is 5.95. The maximum absolute atomic E-state index is 11.9.